The molecule has 2 aromatic rings. The van der Waals surface area contributed by atoms with Crippen molar-refractivity contribution in [2.45, 2.75) is 19.7 Å². The summed E-state index contributed by atoms with van der Waals surface area (Å²) in [5.74, 6) is 1.30. The molecule has 0 aliphatic heterocycles. The van der Waals surface area contributed by atoms with Gasteiger partial charge in [0.2, 0.25) is 11.7 Å². The predicted molar refractivity (Wildman–Crippen MR) is 58.8 cm³/mol. The van der Waals surface area contributed by atoms with Crippen LogP contribution in [0.1, 0.15) is 17.0 Å². The molecule has 1 heterocycles. The van der Waals surface area contributed by atoms with Crippen molar-refractivity contribution in [2.24, 2.45) is 0 Å². The molecule has 0 aliphatic rings. The van der Waals surface area contributed by atoms with Gasteiger partial charge in [0, 0.05) is 5.56 Å². The lowest BCUT2D eigenvalue weighted by Crippen LogP contribution is -1.87. The number of halogens is 1. The molecule has 1 aromatic carbocycles. The third-order valence-corrected chi connectivity index (χ3v) is 2.45. The van der Waals surface area contributed by atoms with Crippen molar-refractivity contribution < 1.29 is 4.52 Å². The Morgan fingerprint density at radius 3 is 2.80 bits per heavy atom. The number of alkyl halides is 1. The largest absolute Gasteiger partial charge is 0.338 e. The molecule has 15 heavy (non-hydrogen) atoms. The molecule has 0 amide bonds. The molecule has 0 unspecified atom stereocenters. The first-order valence-corrected chi connectivity index (χ1v) is 5.20. The zero-order chi connectivity index (χ0) is 10.8. The van der Waals surface area contributed by atoms with Gasteiger partial charge < -0.3 is 4.52 Å². The molecule has 4 heteroatoms. The summed E-state index contributed by atoms with van der Waals surface area (Å²) in [4.78, 5) is 4.19. The van der Waals surface area contributed by atoms with E-state index in [-0.39, 0.29) is 5.88 Å². The molecule has 0 N–H and O–H groups in total. The van der Waals surface area contributed by atoms with Crippen molar-refractivity contribution in [3.63, 3.8) is 0 Å². The highest BCUT2D eigenvalue weighted by Crippen LogP contribution is 2.21. The SMILES string of the molecule is Cc1ccc(C)c(-c2noc(CCl)n2)c1. The van der Waals surface area contributed by atoms with Gasteiger partial charge in [-0.2, -0.15) is 4.98 Å². The number of hydrogen-bond acceptors (Lipinski definition) is 3. The maximum Gasteiger partial charge on any atom is 0.241 e. The summed E-state index contributed by atoms with van der Waals surface area (Å²) in [5.41, 5.74) is 3.30. The van der Waals surface area contributed by atoms with Gasteiger partial charge in [-0.15, -0.1) is 11.6 Å². The van der Waals surface area contributed by atoms with Crippen LogP contribution in [0.5, 0.6) is 0 Å². The number of benzene rings is 1. The van der Waals surface area contributed by atoms with E-state index in [9.17, 15) is 0 Å². The Morgan fingerprint density at radius 1 is 1.33 bits per heavy atom. The topological polar surface area (TPSA) is 38.9 Å². The lowest BCUT2D eigenvalue weighted by molar-refractivity contribution is 0.391. The first-order valence-electron chi connectivity index (χ1n) is 4.67. The summed E-state index contributed by atoms with van der Waals surface area (Å²) >= 11 is 5.60. The molecule has 0 fully saturated rings. The fourth-order valence-electron chi connectivity index (χ4n) is 1.40. The Labute approximate surface area is 93.1 Å². The van der Waals surface area contributed by atoms with Gasteiger partial charge in [-0.1, -0.05) is 22.9 Å². The van der Waals surface area contributed by atoms with Crippen LogP contribution < -0.4 is 0 Å². The van der Waals surface area contributed by atoms with E-state index in [0.717, 1.165) is 11.1 Å². The molecular weight excluding hydrogens is 212 g/mol. The summed E-state index contributed by atoms with van der Waals surface area (Å²) in [5, 5.41) is 3.89. The molecule has 0 atom stereocenters. The van der Waals surface area contributed by atoms with E-state index in [0.29, 0.717) is 11.7 Å². The van der Waals surface area contributed by atoms with Crippen molar-refractivity contribution in [3.05, 3.63) is 35.2 Å². The second-order valence-corrected chi connectivity index (χ2v) is 3.73. The normalized spacial score (nSPS) is 10.6. The zero-order valence-corrected chi connectivity index (χ0v) is 9.38. The molecule has 3 nitrogen and oxygen atoms in total. The van der Waals surface area contributed by atoms with Gasteiger partial charge in [-0.3, -0.25) is 0 Å². The van der Waals surface area contributed by atoms with Crippen LogP contribution in [0.4, 0.5) is 0 Å². The predicted octanol–water partition coefficient (Wildman–Crippen LogP) is 3.09. The van der Waals surface area contributed by atoms with Crippen molar-refractivity contribution in [1.29, 1.82) is 0 Å². The van der Waals surface area contributed by atoms with Crippen LogP contribution in [-0.4, -0.2) is 10.1 Å². The molecule has 1 aromatic heterocycles. The highest BCUT2D eigenvalue weighted by atomic mass is 35.5. The smallest absolute Gasteiger partial charge is 0.241 e. The van der Waals surface area contributed by atoms with Gasteiger partial charge in [0.1, 0.15) is 5.88 Å². The monoisotopic (exact) mass is 222 g/mol. The van der Waals surface area contributed by atoms with Crippen molar-refractivity contribution >= 4 is 11.6 Å². The van der Waals surface area contributed by atoms with Gasteiger partial charge in [0.25, 0.3) is 0 Å². The Kier molecular flexibility index (Phi) is 2.73. The third kappa shape index (κ3) is 2.02. The number of aromatic nitrogens is 2. The Bertz CT molecular complexity index is 479. The van der Waals surface area contributed by atoms with Crippen LogP contribution in [0.3, 0.4) is 0 Å². The quantitative estimate of drug-likeness (QED) is 0.733. The molecule has 0 bridgehead atoms. The third-order valence-electron chi connectivity index (χ3n) is 2.22. The van der Waals surface area contributed by atoms with Gasteiger partial charge >= 0.3 is 0 Å². The van der Waals surface area contributed by atoms with Gasteiger partial charge in [0.05, 0.1) is 0 Å². The summed E-state index contributed by atoms with van der Waals surface area (Å²) < 4.78 is 4.97. The van der Waals surface area contributed by atoms with Crippen molar-refractivity contribution in [2.75, 3.05) is 0 Å². The zero-order valence-electron chi connectivity index (χ0n) is 8.62. The standard InChI is InChI=1S/C11H11ClN2O/c1-7-3-4-8(2)9(5-7)11-13-10(6-12)15-14-11/h3-5H,6H2,1-2H3. The highest BCUT2D eigenvalue weighted by Gasteiger charge is 2.09. The maximum atomic E-state index is 5.60. The van der Waals surface area contributed by atoms with E-state index in [4.69, 9.17) is 16.1 Å². The summed E-state index contributed by atoms with van der Waals surface area (Å²) in [7, 11) is 0. The van der Waals surface area contributed by atoms with Crippen LogP contribution in [0.15, 0.2) is 22.7 Å². The maximum absolute atomic E-state index is 5.60. The first kappa shape index (κ1) is 10.2. The number of hydrogen-bond donors (Lipinski definition) is 0. The van der Waals surface area contributed by atoms with Crippen molar-refractivity contribution in [3.8, 4) is 11.4 Å². The average molecular weight is 223 g/mol. The molecular formula is C11H11ClN2O. The number of rotatable bonds is 2. The van der Waals surface area contributed by atoms with E-state index in [2.05, 4.69) is 16.2 Å². The highest BCUT2D eigenvalue weighted by molar-refractivity contribution is 6.16. The second kappa shape index (κ2) is 4.03. The lowest BCUT2D eigenvalue weighted by Gasteiger charge is -2.01. The van der Waals surface area contributed by atoms with Crippen LogP contribution in [0.25, 0.3) is 11.4 Å². The Hall–Kier alpha value is -1.35. The summed E-state index contributed by atoms with van der Waals surface area (Å²) in [6.45, 7) is 4.05. The fraction of sp³-hybridized carbons (Fsp3) is 0.273. The van der Waals surface area contributed by atoms with Gasteiger partial charge in [-0.05, 0) is 25.5 Å². The average Bonchev–Trinajstić information content (AvgIpc) is 2.70. The number of aryl methyl sites for hydroxylation is 2. The van der Waals surface area contributed by atoms with E-state index in [1.165, 1.54) is 5.56 Å². The van der Waals surface area contributed by atoms with Gasteiger partial charge in [-0.25, -0.2) is 0 Å². The number of nitrogens with zero attached hydrogens (tertiary/aromatic N) is 2. The van der Waals surface area contributed by atoms with E-state index >= 15 is 0 Å². The Morgan fingerprint density at radius 2 is 2.13 bits per heavy atom. The van der Waals surface area contributed by atoms with Gasteiger partial charge in [0.15, 0.2) is 0 Å². The van der Waals surface area contributed by atoms with E-state index < -0.39 is 0 Å². The first-order chi connectivity index (χ1) is 7.20. The molecule has 0 aliphatic carbocycles. The summed E-state index contributed by atoms with van der Waals surface area (Å²) in [6.07, 6.45) is 0. The minimum Gasteiger partial charge on any atom is -0.338 e. The van der Waals surface area contributed by atoms with Crippen LogP contribution in [0, 0.1) is 13.8 Å². The van der Waals surface area contributed by atoms with Crippen molar-refractivity contribution in [1.82, 2.24) is 10.1 Å². The minimum absolute atomic E-state index is 0.248. The van der Waals surface area contributed by atoms with Crippen LogP contribution >= 0.6 is 11.6 Å². The van der Waals surface area contributed by atoms with Crippen LogP contribution in [-0.2, 0) is 5.88 Å². The molecule has 0 spiro atoms. The Balaban J connectivity index is 2.48. The molecule has 78 valence electrons. The molecule has 0 saturated heterocycles. The molecule has 0 saturated carbocycles. The van der Waals surface area contributed by atoms with E-state index in [1.807, 2.05) is 26.0 Å². The fourth-order valence-corrected chi connectivity index (χ4v) is 1.50. The second-order valence-electron chi connectivity index (χ2n) is 3.46. The molecule has 0 radical (unpaired) electrons. The molecule has 2 rings (SSSR count). The van der Waals surface area contributed by atoms with E-state index in [1.54, 1.807) is 0 Å². The summed E-state index contributed by atoms with van der Waals surface area (Å²) in [6, 6.07) is 6.14. The minimum atomic E-state index is 0.248. The lowest BCUT2D eigenvalue weighted by atomic mass is 10.1. The van der Waals surface area contributed by atoms with Crippen LogP contribution in [0.2, 0.25) is 0 Å².